The molecule has 4 rings (SSSR count). The maximum Gasteiger partial charge on any atom is 0.226 e. The van der Waals surface area contributed by atoms with E-state index in [2.05, 4.69) is 44.5 Å². The number of hydrogen-bond donors (Lipinski definition) is 2. The number of halogens is 1. The van der Waals surface area contributed by atoms with Crippen LogP contribution in [0.1, 0.15) is 43.5 Å². The van der Waals surface area contributed by atoms with E-state index >= 15 is 0 Å². The van der Waals surface area contributed by atoms with Gasteiger partial charge in [0.25, 0.3) is 0 Å². The van der Waals surface area contributed by atoms with Crippen molar-refractivity contribution < 1.29 is 4.42 Å². The Labute approximate surface area is 193 Å². The van der Waals surface area contributed by atoms with Crippen LogP contribution in [0, 0.1) is 0 Å². The van der Waals surface area contributed by atoms with Crippen molar-refractivity contribution in [3.63, 3.8) is 0 Å². The normalized spacial score (nSPS) is 16.1. The number of benzene rings is 1. The van der Waals surface area contributed by atoms with E-state index in [0.29, 0.717) is 18.4 Å². The van der Waals surface area contributed by atoms with E-state index in [-0.39, 0.29) is 30.0 Å². The molecule has 1 aliphatic heterocycles. The molecule has 0 spiro atoms. The molecule has 3 aromatic rings. The van der Waals surface area contributed by atoms with Gasteiger partial charge in [-0.05, 0) is 18.6 Å². The van der Waals surface area contributed by atoms with Crippen LogP contribution in [-0.2, 0) is 19.5 Å². The number of aromatic nitrogens is 4. The zero-order chi connectivity index (χ0) is 20.2. The van der Waals surface area contributed by atoms with Crippen LogP contribution >= 0.6 is 24.0 Å². The standard InChI is InChI=1S/C21H27N7O.HI/c1-14(2)19-26-18-10-9-16(12-28(18)27-19)25-21(22-3)23-11-17-13-29-20(24-17)15-7-5-4-6-8-15;/h4-8,13-14,16H,9-12H2,1-3H3,(H2,22,23,25);1H. The van der Waals surface area contributed by atoms with Crippen LogP contribution < -0.4 is 10.6 Å². The van der Waals surface area contributed by atoms with Crippen LogP contribution in [0.25, 0.3) is 11.5 Å². The Hall–Kier alpha value is -2.43. The largest absolute Gasteiger partial charge is 0.444 e. The number of hydrogen-bond acceptors (Lipinski definition) is 5. The average Bonchev–Trinajstić information content (AvgIpc) is 3.38. The van der Waals surface area contributed by atoms with Gasteiger partial charge in [0.2, 0.25) is 5.89 Å². The van der Waals surface area contributed by atoms with E-state index < -0.39 is 0 Å². The molecule has 0 fully saturated rings. The first-order valence-corrected chi connectivity index (χ1v) is 10.0. The quantitative estimate of drug-likeness (QED) is 0.304. The number of rotatable bonds is 5. The molecule has 160 valence electrons. The second kappa shape index (κ2) is 10.1. The predicted molar refractivity (Wildman–Crippen MR) is 127 cm³/mol. The lowest BCUT2D eigenvalue weighted by atomic mass is 10.1. The summed E-state index contributed by atoms with van der Waals surface area (Å²) < 4.78 is 7.62. The smallest absolute Gasteiger partial charge is 0.226 e. The summed E-state index contributed by atoms with van der Waals surface area (Å²) in [7, 11) is 1.77. The van der Waals surface area contributed by atoms with Crippen molar-refractivity contribution in [3.8, 4) is 11.5 Å². The molecule has 0 radical (unpaired) electrons. The van der Waals surface area contributed by atoms with Gasteiger partial charge in [0.05, 0.1) is 18.8 Å². The summed E-state index contributed by atoms with van der Waals surface area (Å²) >= 11 is 0. The summed E-state index contributed by atoms with van der Waals surface area (Å²) in [6, 6.07) is 10.1. The lowest BCUT2D eigenvalue weighted by Gasteiger charge is -2.25. The minimum atomic E-state index is 0. The lowest BCUT2D eigenvalue weighted by molar-refractivity contribution is 0.391. The fourth-order valence-corrected chi connectivity index (χ4v) is 3.35. The average molecular weight is 521 g/mol. The summed E-state index contributed by atoms with van der Waals surface area (Å²) in [6.07, 6.45) is 3.59. The minimum absolute atomic E-state index is 0. The number of nitrogens with zero attached hydrogens (tertiary/aromatic N) is 5. The number of aliphatic imine (C=N–C) groups is 1. The molecule has 1 unspecified atom stereocenters. The molecular weight excluding hydrogens is 493 g/mol. The third kappa shape index (κ3) is 5.18. The highest BCUT2D eigenvalue weighted by molar-refractivity contribution is 14.0. The second-order valence-electron chi connectivity index (χ2n) is 7.54. The SMILES string of the molecule is CN=C(NCc1coc(-c2ccccc2)n1)NC1CCc2nc(C(C)C)nn2C1.I. The van der Waals surface area contributed by atoms with E-state index in [1.807, 2.05) is 35.0 Å². The first-order valence-electron chi connectivity index (χ1n) is 10.0. The van der Waals surface area contributed by atoms with Crippen molar-refractivity contribution in [2.45, 2.75) is 51.7 Å². The van der Waals surface area contributed by atoms with Crippen molar-refractivity contribution in [1.82, 2.24) is 30.4 Å². The van der Waals surface area contributed by atoms with Gasteiger partial charge in [-0.25, -0.2) is 14.6 Å². The molecule has 0 amide bonds. The molecule has 1 atom stereocenters. The molecule has 30 heavy (non-hydrogen) atoms. The van der Waals surface area contributed by atoms with E-state index in [1.54, 1.807) is 13.3 Å². The molecule has 2 aromatic heterocycles. The maximum absolute atomic E-state index is 5.60. The second-order valence-corrected chi connectivity index (χ2v) is 7.54. The first-order chi connectivity index (χ1) is 14.1. The zero-order valence-corrected chi connectivity index (χ0v) is 19.8. The van der Waals surface area contributed by atoms with Crippen molar-refractivity contribution >= 4 is 29.9 Å². The Morgan fingerprint density at radius 3 is 2.80 bits per heavy atom. The number of aryl methyl sites for hydroxylation is 1. The Kier molecular flexibility index (Phi) is 7.46. The van der Waals surface area contributed by atoms with Gasteiger partial charge in [0, 0.05) is 31.0 Å². The van der Waals surface area contributed by atoms with Crippen LogP contribution in [0.2, 0.25) is 0 Å². The first kappa shape index (κ1) is 22.3. The number of oxazole rings is 1. The topological polar surface area (TPSA) is 93.2 Å². The molecule has 2 N–H and O–H groups in total. The fraction of sp³-hybridized carbons (Fsp3) is 0.429. The zero-order valence-electron chi connectivity index (χ0n) is 17.5. The highest BCUT2D eigenvalue weighted by atomic mass is 127. The van der Waals surface area contributed by atoms with Crippen LogP contribution in [-0.4, -0.2) is 38.8 Å². The Morgan fingerprint density at radius 2 is 2.07 bits per heavy atom. The molecule has 3 heterocycles. The third-order valence-corrected chi connectivity index (χ3v) is 4.96. The molecule has 0 saturated heterocycles. The molecule has 0 bridgehead atoms. The highest BCUT2D eigenvalue weighted by Crippen LogP contribution is 2.18. The summed E-state index contributed by atoms with van der Waals surface area (Å²) in [5.41, 5.74) is 1.79. The number of guanidine groups is 1. The van der Waals surface area contributed by atoms with Crippen LogP contribution in [0.4, 0.5) is 0 Å². The van der Waals surface area contributed by atoms with Gasteiger partial charge in [-0.1, -0.05) is 32.0 Å². The van der Waals surface area contributed by atoms with Gasteiger partial charge >= 0.3 is 0 Å². The summed E-state index contributed by atoms with van der Waals surface area (Å²) in [6.45, 7) is 5.57. The van der Waals surface area contributed by atoms with Gasteiger partial charge in [-0.15, -0.1) is 24.0 Å². The van der Waals surface area contributed by atoms with Gasteiger partial charge in [-0.3, -0.25) is 4.99 Å². The maximum atomic E-state index is 5.60. The van der Waals surface area contributed by atoms with E-state index in [9.17, 15) is 0 Å². The highest BCUT2D eigenvalue weighted by Gasteiger charge is 2.23. The van der Waals surface area contributed by atoms with Crippen molar-refractivity contribution in [1.29, 1.82) is 0 Å². The van der Waals surface area contributed by atoms with E-state index in [0.717, 1.165) is 48.3 Å². The van der Waals surface area contributed by atoms with E-state index in [4.69, 9.17) is 4.42 Å². The summed E-state index contributed by atoms with van der Waals surface area (Å²) in [4.78, 5) is 13.5. The molecule has 0 saturated carbocycles. The summed E-state index contributed by atoms with van der Waals surface area (Å²) in [5.74, 6) is 3.70. The van der Waals surface area contributed by atoms with Crippen molar-refractivity contribution in [3.05, 3.63) is 53.9 Å². The van der Waals surface area contributed by atoms with Crippen molar-refractivity contribution in [2.75, 3.05) is 7.05 Å². The predicted octanol–water partition coefficient (Wildman–Crippen LogP) is 3.35. The third-order valence-electron chi connectivity index (χ3n) is 4.96. The van der Waals surface area contributed by atoms with Gasteiger partial charge in [-0.2, -0.15) is 5.10 Å². The Morgan fingerprint density at radius 1 is 1.27 bits per heavy atom. The van der Waals surface area contributed by atoms with E-state index in [1.165, 1.54) is 0 Å². The molecule has 0 aliphatic carbocycles. The Bertz CT molecular complexity index is 980. The number of nitrogens with one attached hydrogen (secondary N) is 2. The Balaban J connectivity index is 0.00000256. The van der Waals surface area contributed by atoms with Crippen LogP contribution in [0.3, 0.4) is 0 Å². The number of fused-ring (bicyclic) bond motifs is 1. The van der Waals surface area contributed by atoms with Crippen LogP contribution in [0.15, 0.2) is 46.0 Å². The van der Waals surface area contributed by atoms with Crippen molar-refractivity contribution in [2.24, 2.45) is 4.99 Å². The monoisotopic (exact) mass is 521 g/mol. The van der Waals surface area contributed by atoms with Crippen LogP contribution in [0.5, 0.6) is 0 Å². The molecule has 9 heteroatoms. The summed E-state index contributed by atoms with van der Waals surface area (Å²) in [5, 5.41) is 11.4. The fourth-order valence-electron chi connectivity index (χ4n) is 3.35. The molecular formula is C21H28IN7O. The lowest BCUT2D eigenvalue weighted by Crippen LogP contribution is -2.46. The van der Waals surface area contributed by atoms with Gasteiger partial charge < -0.3 is 15.1 Å². The van der Waals surface area contributed by atoms with Gasteiger partial charge in [0.15, 0.2) is 11.8 Å². The minimum Gasteiger partial charge on any atom is -0.444 e. The molecule has 1 aliphatic rings. The molecule has 1 aromatic carbocycles. The van der Waals surface area contributed by atoms with Gasteiger partial charge in [0.1, 0.15) is 12.1 Å². The molecule has 8 nitrogen and oxygen atoms in total.